The lowest BCUT2D eigenvalue weighted by atomic mass is 9.92. The highest BCUT2D eigenvalue weighted by molar-refractivity contribution is 4.87. The summed E-state index contributed by atoms with van der Waals surface area (Å²) in [5.41, 5.74) is 0. The fourth-order valence-electron chi connectivity index (χ4n) is 4.37. The molecule has 0 aromatic carbocycles. The molecule has 0 aromatic heterocycles. The van der Waals surface area contributed by atoms with Gasteiger partial charge in [-0.3, -0.25) is 4.90 Å². The molecule has 0 saturated carbocycles. The van der Waals surface area contributed by atoms with E-state index in [9.17, 15) is 0 Å². The number of piperazine rings is 1. The van der Waals surface area contributed by atoms with Gasteiger partial charge in [0, 0.05) is 45.4 Å². The molecular formula is C18H35N3O. The lowest BCUT2D eigenvalue weighted by molar-refractivity contribution is 0.00452. The smallest absolute Gasteiger partial charge is 0.0506 e. The lowest BCUT2D eigenvalue weighted by Crippen LogP contribution is -2.55. The van der Waals surface area contributed by atoms with E-state index in [0.717, 1.165) is 25.2 Å². The van der Waals surface area contributed by atoms with Crippen LogP contribution in [0.4, 0.5) is 0 Å². The molecule has 3 aliphatic heterocycles. The Kier molecular flexibility index (Phi) is 6.54. The second kappa shape index (κ2) is 8.62. The summed E-state index contributed by atoms with van der Waals surface area (Å²) in [6.45, 7) is 10.8. The van der Waals surface area contributed by atoms with Crippen molar-refractivity contribution in [2.24, 2.45) is 5.92 Å². The second-order valence-electron chi connectivity index (χ2n) is 7.69. The van der Waals surface area contributed by atoms with Crippen molar-refractivity contribution in [3.63, 3.8) is 0 Å². The van der Waals surface area contributed by atoms with Gasteiger partial charge < -0.3 is 14.5 Å². The minimum Gasteiger partial charge on any atom is -0.381 e. The summed E-state index contributed by atoms with van der Waals surface area (Å²) >= 11 is 0. The standard InChI is InChI=1S/C18H35N3O/c1-19-11-12-21-14-17(6-7-18(21)15-19)16-22-13-5-10-20-8-3-2-4-9-20/h17-18H,2-16H2,1H3/t17-,18+/m1/s1. The van der Waals surface area contributed by atoms with Crippen LogP contribution in [0.3, 0.4) is 0 Å². The van der Waals surface area contributed by atoms with Gasteiger partial charge in [-0.2, -0.15) is 0 Å². The zero-order valence-electron chi connectivity index (χ0n) is 14.5. The summed E-state index contributed by atoms with van der Waals surface area (Å²) in [4.78, 5) is 7.81. The van der Waals surface area contributed by atoms with Gasteiger partial charge in [-0.05, 0) is 58.2 Å². The second-order valence-corrected chi connectivity index (χ2v) is 7.69. The Labute approximate surface area is 136 Å². The number of hydrogen-bond acceptors (Lipinski definition) is 4. The van der Waals surface area contributed by atoms with Crippen LogP contribution in [0.2, 0.25) is 0 Å². The van der Waals surface area contributed by atoms with Crippen molar-refractivity contribution >= 4 is 0 Å². The molecule has 0 bridgehead atoms. The van der Waals surface area contributed by atoms with Gasteiger partial charge in [0.2, 0.25) is 0 Å². The first kappa shape index (κ1) is 16.7. The van der Waals surface area contributed by atoms with E-state index in [1.807, 2.05) is 0 Å². The minimum absolute atomic E-state index is 0.773. The molecule has 3 saturated heterocycles. The Bertz CT molecular complexity index is 319. The maximum Gasteiger partial charge on any atom is 0.0506 e. The molecule has 3 heterocycles. The van der Waals surface area contributed by atoms with Gasteiger partial charge in [0.05, 0.1) is 6.61 Å². The minimum atomic E-state index is 0.773. The zero-order chi connectivity index (χ0) is 15.2. The molecule has 0 unspecified atom stereocenters. The third-order valence-electron chi connectivity index (χ3n) is 5.77. The van der Waals surface area contributed by atoms with Crippen molar-refractivity contribution in [3.05, 3.63) is 0 Å². The molecule has 2 atom stereocenters. The molecule has 0 aliphatic carbocycles. The zero-order valence-corrected chi connectivity index (χ0v) is 14.5. The predicted octanol–water partition coefficient (Wildman–Crippen LogP) is 1.91. The summed E-state index contributed by atoms with van der Waals surface area (Å²) in [6.07, 6.45) is 8.17. The highest BCUT2D eigenvalue weighted by Crippen LogP contribution is 2.24. The molecule has 3 rings (SSSR count). The van der Waals surface area contributed by atoms with Crippen molar-refractivity contribution in [3.8, 4) is 0 Å². The van der Waals surface area contributed by atoms with Crippen LogP contribution in [-0.4, -0.2) is 86.8 Å². The molecule has 22 heavy (non-hydrogen) atoms. The van der Waals surface area contributed by atoms with E-state index in [2.05, 4.69) is 21.7 Å². The number of nitrogens with zero attached hydrogens (tertiary/aromatic N) is 3. The first-order valence-corrected chi connectivity index (χ1v) is 9.54. The highest BCUT2D eigenvalue weighted by atomic mass is 16.5. The van der Waals surface area contributed by atoms with Crippen LogP contribution in [0.5, 0.6) is 0 Å². The van der Waals surface area contributed by atoms with Crippen LogP contribution in [-0.2, 0) is 4.74 Å². The largest absolute Gasteiger partial charge is 0.381 e. The molecule has 0 spiro atoms. The summed E-state index contributed by atoms with van der Waals surface area (Å²) in [5, 5.41) is 0. The average molecular weight is 309 g/mol. The summed E-state index contributed by atoms with van der Waals surface area (Å²) in [7, 11) is 2.26. The molecular weight excluding hydrogens is 274 g/mol. The maximum absolute atomic E-state index is 6.00. The molecule has 3 fully saturated rings. The number of likely N-dealkylation sites (tertiary alicyclic amines) is 1. The van der Waals surface area contributed by atoms with Gasteiger partial charge in [0.1, 0.15) is 0 Å². The number of likely N-dealkylation sites (N-methyl/N-ethyl adjacent to an activating group) is 1. The average Bonchev–Trinajstić information content (AvgIpc) is 2.55. The lowest BCUT2D eigenvalue weighted by Gasteiger charge is -2.45. The van der Waals surface area contributed by atoms with Crippen molar-refractivity contribution in [1.29, 1.82) is 0 Å². The highest BCUT2D eigenvalue weighted by Gasteiger charge is 2.31. The normalized spacial score (nSPS) is 32.0. The molecule has 4 nitrogen and oxygen atoms in total. The number of ether oxygens (including phenoxy) is 1. The molecule has 0 amide bonds. The van der Waals surface area contributed by atoms with Gasteiger partial charge in [0.25, 0.3) is 0 Å². The van der Waals surface area contributed by atoms with E-state index >= 15 is 0 Å². The van der Waals surface area contributed by atoms with Gasteiger partial charge in [0.15, 0.2) is 0 Å². The van der Waals surface area contributed by atoms with Crippen LogP contribution in [0.15, 0.2) is 0 Å². The van der Waals surface area contributed by atoms with Gasteiger partial charge in [-0.25, -0.2) is 0 Å². The fourth-order valence-corrected chi connectivity index (χ4v) is 4.37. The predicted molar refractivity (Wildman–Crippen MR) is 91.3 cm³/mol. The van der Waals surface area contributed by atoms with Gasteiger partial charge >= 0.3 is 0 Å². The van der Waals surface area contributed by atoms with Crippen LogP contribution >= 0.6 is 0 Å². The topological polar surface area (TPSA) is 19.0 Å². The van der Waals surface area contributed by atoms with E-state index in [-0.39, 0.29) is 0 Å². The van der Waals surface area contributed by atoms with E-state index in [0.29, 0.717) is 0 Å². The van der Waals surface area contributed by atoms with Crippen molar-refractivity contribution in [2.45, 2.75) is 44.6 Å². The first-order chi connectivity index (χ1) is 10.8. The van der Waals surface area contributed by atoms with Gasteiger partial charge in [-0.15, -0.1) is 0 Å². The Morgan fingerprint density at radius 1 is 0.955 bits per heavy atom. The Hall–Kier alpha value is -0.160. The Morgan fingerprint density at radius 2 is 1.82 bits per heavy atom. The molecule has 4 heteroatoms. The van der Waals surface area contributed by atoms with Crippen LogP contribution in [0.1, 0.15) is 38.5 Å². The van der Waals surface area contributed by atoms with Crippen molar-refractivity contribution < 1.29 is 4.74 Å². The molecule has 3 aliphatic rings. The maximum atomic E-state index is 6.00. The van der Waals surface area contributed by atoms with Crippen molar-refractivity contribution in [1.82, 2.24) is 14.7 Å². The molecule has 128 valence electrons. The Morgan fingerprint density at radius 3 is 2.68 bits per heavy atom. The van der Waals surface area contributed by atoms with E-state index in [1.165, 1.54) is 84.3 Å². The number of rotatable bonds is 6. The van der Waals surface area contributed by atoms with Crippen LogP contribution < -0.4 is 0 Å². The van der Waals surface area contributed by atoms with Crippen LogP contribution in [0.25, 0.3) is 0 Å². The number of piperidine rings is 2. The molecule has 0 N–H and O–H groups in total. The summed E-state index contributed by atoms with van der Waals surface area (Å²) in [5.74, 6) is 0.773. The summed E-state index contributed by atoms with van der Waals surface area (Å²) < 4.78 is 6.00. The SMILES string of the molecule is CN1CCN2C[C@H](COCCCN3CCCCC3)CC[C@H]2C1. The third kappa shape index (κ3) is 4.92. The molecule has 0 aromatic rings. The quantitative estimate of drug-likeness (QED) is 0.698. The monoisotopic (exact) mass is 309 g/mol. The first-order valence-electron chi connectivity index (χ1n) is 9.54. The van der Waals surface area contributed by atoms with E-state index in [1.54, 1.807) is 0 Å². The van der Waals surface area contributed by atoms with E-state index in [4.69, 9.17) is 4.74 Å². The van der Waals surface area contributed by atoms with Crippen molar-refractivity contribution in [2.75, 3.05) is 66.1 Å². The Balaban J connectivity index is 1.25. The fraction of sp³-hybridized carbons (Fsp3) is 1.00. The third-order valence-corrected chi connectivity index (χ3v) is 5.77. The van der Waals surface area contributed by atoms with Crippen LogP contribution in [0, 0.1) is 5.92 Å². The molecule has 0 radical (unpaired) electrons. The number of hydrogen-bond donors (Lipinski definition) is 0. The van der Waals surface area contributed by atoms with E-state index < -0.39 is 0 Å². The summed E-state index contributed by atoms with van der Waals surface area (Å²) in [6, 6.07) is 0.814. The number of fused-ring (bicyclic) bond motifs is 1. The van der Waals surface area contributed by atoms with Gasteiger partial charge in [-0.1, -0.05) is 6.42 Å².